The van der Waals surface area contributed by atoms with Gasteiger partial charge in [0.05, 0.1) is 26.3 Å². The lowest BCUT2D eigenvalue weighted by Gasteiger charge is -2.36. The topological polar surface area (TPSA) is 25.1 Å². The molecule has 3 nitrogen and oxygen atoms in total. The van der Waals surface area contributed by atoms with Crippen LogP contribution in [0.15, 0.2) is 25.3 Å². The number of ether oxygens (including phenoxy) is 2. The van der Waals surface area contributed by atoms with Crippen LogP contribution < -0.4 is 12.4 Å². The van der Waals surface area contributed by atoms with Gasteiger partial charge in [-0.2, -0.15) is 0 Å². The molecule has 4 heteroatoms. The van der Waals surface area contributed by atoms with E-state index in [1.165, 1.54) is 0 Å². The molecule has 2 saturated heterocycles. The van der Waals surface area contributed by atoms with Crippen molar-refractivity contribution in [3.8, 4) is 0 Å². The lowest BCUT2D eigenvalue weighted by Crippen LogP contribution is -3.00. The average Bonchev–Trinajstić information content (AvgIpc) is 3.02. The third-order valence-corrected chi connectivity index (χ3v) is 3.02. The van der Waals surface area contributed by atoms with Gasteiger partial charge >= 0.3 is 0 Å². The van der Waals surface area contributed by atoms with E-state index in [2.05, 4.69) is 13.2 Å². The Hall–Kier alpha value is -0.350. The van der Waals surface area contributed by atoms with Crippen molar-refractivity contribution < 1.29 is 26.4 Å². The van der Waals surface area contributed by atoms with Gasteiger partial charge in [0.25, 0.3) is 0 Å². The number of quaternary nitrogens is 1. The Morgan fingerprint density at radius 1 is 1.00 bits per heavy atom. The average molecular weight is 246 g/mol. The first-order chi connectivity index (χ1) is 7.28. The van der Waals surface area contributed by atoms with E-state index in [1.807, 2.05) is 12.2 Å². The maximum Gasteiger partial charge on any atom is 0.130 e. The van der Waals surface area contributed by atoms with E-state index < -0.39 is 0 Å². The van der Waals surface area contributed by atoms with E-state index in [0.29, 0.717) is 12.2 Å². The largest absolute Gasteiger partial charge is 1.00 e. The molecular weight excluding hydrogens is 226 g/mol. The van der Waals surface area contributed by atoms with Crippen LogP contribution in [0.4, 0.5) is 0 Å². The van der Waals surface area contributed by atoms with Crippen LogP contribution in [0.25, 0.3) is 0 Å². The highest BCUT2D eigenvalue weighted by atomic mass is 35.5. The monoisotopic (exact) mass is 245 g/mol. The van der Waals surface area contributed by atoms with E-state index in [9.17, 15) is 0 Å². The first-order valence-corrected chi connectivity index (χ1v) is 5.58. The summed E-state index contributed by atoms with van der Waals surface area (Å²) in [7, 11) is 0. The molecule has 2 atom stereocenters. The summed E-state index contributed by atoms with van der Waals surface area (Å²) in [6, 6.07) is 0. The van der Waals surface area contributed by atoms with Gasteiger partial charge in [-0.15, -0.1) is 0 Å². The van der Waals surface area contributed by atoms with Gasteiger partial charge in [-0.3, -0.25) is 0 Å². The number of halogens is 1. The zero-order chi connectivity index (χ0) is 10.7. The SMILES string of the molecule is C=CC[N+](CC=C)(CC1CO1)CC1CO1.[Cl-]. The zero-order valence-corrected chi connectivity index (χ0v) is 10.4. The van der Waals surface area contributed by atoms with E-state index >= 15 is 0 Å². The van der Waals surface area contributed by atoms with Crippen molar-refractivity contribution in [3.05, 3.63) is 25.3 Å². The molecule has 0 radical (unpaired) electrons. The third-order valence-electron chi connectivity index (χ3n) is 3.02. The maximum absolute atomic E-state index is 5.33. The molecule has 2 aliphatic rings. The number of hydrogen-bond acceptors (Lipinski definition) is 2. The van der Waals surface area contributed by atoms with Crippen molar-refractivity contribution >= 4 is 0 Å². The van der Waals surface area contributed by atoms with Crippen LogP contribution in [0.5, 0.6) is 0 Å². The van der Waals surface area contributed by atoms with Gasteiger partial charge in [-0.05, 0) is 12.2 Å². The summed E-state index contributed by atoms with van der Waals surface area (Å²) in [6.07, 6.45) is 4.88. The molecule has 2 aliphatic heterocycles. The maximum atomic E-state index is 5.33. The van der Waals surface area contributed by atoms with E-state index in [-0.39, 0.29) is 12.4 Å². The van der Waals surface area contributed by atoms with Crippen LogP contribution in [0.3, 0.4) is 0 Å². The van der Waals surface area contributed by atoms with Crippen molar-refractivity contribution in [2.24, 2.45) is 0 Å². The van der Waals surface area contributed by atoms with Crippen LogP contribution in [0, 0.1) is 0 Å². The van der Waals surface area contributed by atoms with Crippen LogP contribution in [-0.4, -0.2) is 56.1 Å². The summed E-state index contributed by atoms with van der Waals surface area (Å²) in [6.45, 7) is 13.6. The summed E-state index contributed by atoms with van der Waals surface area (Å²) in [5, 5.41) is 0. The highest BCUT2D eigenvalue weighted by Gasteiger charge is 2.40. The Morgan fingerprint density at radius 3 is 1.62 bits per heavy atom. The second kappa shape index (κ2) is 5.82. The third kappa shape index (κ3) is 3.91. The minimum absolute atomic E-state index is 0. The first-order valence-electron chi connectivity index (χ1n) is 5.58. The minimum Gasteiger partial charge on any atom is -1.00 e. The van der Waals surface area contributed by atoms with Crippen molar-refractivity contribution in [1.82, 2.24) is 0 Å². The fourth-order valence-electron chi connectivity index (χ4n) is 2.21. The first kappa shape index (κ1) is 13.7. The predicted molar refractivity (Wildman–Crippen MR) is 59.6 cm³/mol. The summed E-state index contributed by atoms with van der Waals surface area (Å²) >= 11 is 0. The molecule has 2 rings (SSSR count). The Balaban J connectivity index is 0.00000128. The molecule has 0 saturated carbocycles. The van der Waals surface area contributed by atoms with Gasteiger partial charge in [0, 0.05) is 0 Å². The summed E-state index contributed by atoms with van der Waals surface area (Å²) in [4.78, 5) is 0. The van der Waals surface area contributed by atoms with Gasteiger partial charge in [-0.25, -0.2) is 0 Å². The molecule has 0 amide bonds. The molecule has 2 heterocycles. The van der Waals surface area contributed by atoms with Crippen molar-refractivity contribution in [3.63, 3.8) is 0 Å². The number of rotatable bonds is 8. The van der Waals surface area contributed by atoms with E-state index in [0.717, 1.165) is 43.9 Å². The van der Waals surface area contributed by atoms with Crippen LogP contribution in [-0.2, 0) is 9.47 Å². The molecule has 0 aromatic carbocycles. The van der Waals surface area contributed by atoms with Crippen molar-refractivity contribution in [2.75, 3.05) is 39.4 Å². The molecule has 2 fully saturated rings. The molecule has 92 valence electrons. The van der Waals surface area contributed by atoms with Crippen LogP contribution >= 0.6 is 0 Å². The van der Waals surface area contributed by atoms with Crippen LogP contribution in [0.1, 0.15) is 0 Å². The van der Waals surface area contributed by atoms with Crippen molar-refractivity contribution in [1.29, 1.82) is 0 Å². The highest BCUT2D eigenvalue weighted by molar-refractivity contribution is 4.80. The van der Waals surface area contributed by atoms with Gasteiger partial charge in [0.2, 0.25) is 0 Å². The van der Waals surface area contributed by atoms with Gasteiger partial charge in [0.15, 0.2) is 0 Å². The molecule has 2 unspecified atom stereocenters. The number of nitrogens with zero attached hydrogens (tertiary/aromatic N) is 1. The lowest BCUT2D eigenvalue weighted by atomic mass is 10.2. The Bertz CT molecular complexity index is 223. The highest BCUT2D eigenvalue weighted by Crippen LogP contribution is 2.22. The molecule has 0 bridgehead atoms. The molecule has 0 spiro atoms. The smallest absolute Gasteiger partial charge is 0.130 e. The molecule has 0 aromatic rings. The second-order valence-corrected chi connectivity index (χ2v) is 4.56. The summed E-state index contributed by atoms with van der Waals surface area (Å²) < 4.78 is 11.7. The molecule has 16 heavy (non-hydrogen) atoms. The minimum atomic E-state index is 0. The second-order valence-electron chi connectivity index (χ2n) is 4.56. The van der Waals surface area contributed by atoms with E-state index in [4.69, 9.17) is 9.47 Å². The Labute approximate surface area is 104 Å². The Kier molecular flexibility index (Phi) is 4.99. The fourth-order valence-corrected chi connectivity index (χ4v) is 2.21. The predicted octanol–water partition coefficient (Wildman–Crippen LogP) is -2.02. The summed E-state index contributed by atoms with van der Waals surface area (Å²) in [5.74, 6) is 0. The molecule has 0 aliphatic carbocycles. The summed E-state index contributed by atoms with van der Waals surface area (Å²) in [5.41, 5.74) is 0. The van der Waals surface area contributed by atoms with Gasteiger partial charge in [-0.1, -0.05) is 13.2 Å². The standard InChI is InChI=1S/C12H20NO2.ClH/c1-3-5-13(6-4-2,7-11-9-14-11)8-12-10-15-12;/h3-4,11-12H,1-2,5-10H2;1H/q+1;/p-1. The molecular formula is C12H20ClNO2. The van der Waals surface area contributed by atoms with Crippen molar-refractivity contribution in [2.45, 2.75) is 12.2 Å². The fraction of sp³-hybridized carbons (Fsp3) is 0.667. The van der Waals surface area contributed by atoms with Gasteiger partial charge in [0.1, 0.15) is 25.3 Å². The zero-order valence-electron chi connectivity index (χ0n) is 9.61. The molecule has 0 aromatic heterocycles. The number of epoxide rings is 2. The normalized spacial score (nSPS) is 26.8. The quantitative estimate of drug-likeness (QED) is 0.280. The molecule has 0 N–H and O–H groups in total. The van der Waals surface area contributed by atoms with Crippen LogP contribution in [0.2, 0.25) is 0 Å². The Morgan fingerprint density at radius 2 is 1.38 bits per heavy atom. The van der Waals surface area contributed by atoms with E-state index in [1.54, 1.807) is 0 Å². The number of hydrogen-bond donors (Lipinski definition) is 0. The lowest BCUT2D eigenvalue weighted by molar-refractivity contribution is -0.918. The van der Waals surface area contributed by atoms with Gasteiger partial charge < -0.3 is 26.4 Å².